The topological polar surface area (TPSA) is 43.1 Å². The van der Waals surface area contributed by atoms with Crippen molar-refractivity contribution in [1.29, 1.82) is 0 Å². The Morgan fingerprint density at radius 2 is 1.73 bits per heavy atom. The summed E-state index contributed by atoms with van der Waals surface area (Å²) in [5, 5.41) is 10.7. The lowest BCUT2D eigenvalue weighted by atomic mass is 9.65. The molecule has 4 atom stereocenters. The Morgan fingerprint density at radius 3 is 2.07 bits per heavy atom. The van der Waals surface area contributed by atoms with Crippen molar-refractivity contribution >= 4 is 0 Å². The zero-order valence-corrected chi connectivity index (χ0v) is 7.78. The van der Waals surface area contributed by atoms with E-state index in [-0.39, 0.29) is 0 Å². The van der Waals surface area contributed by atoms with Crippen molar-refractivity contribution in [2.75, 3.05) is 0 Å². The van der Waals surface area contributed by atoms with Crippen LogP contribution in [0.4, 0.5) is 13.2 Å². The van der Waals surface area contributed by atoms with Crippen molar-refractivity contribution in [1.82, 2.24) is 0 Å². The number of hydrogen-bond acceptors (Lipinski definition) is 2. The Balaban J connectivity index is 2.35. The summed E-state index contributed by atoms with van der Waals surface area (Å²) < 4.78 is 38.0. The molecule has 0 heterocycles. The largest absolute Gasteiger partial charge is 0.398 e. The summed E-state index contributed by atoms with van der Waals surface area (Å²) in [6.07, 6.45) is -0.489. The number of nitro groups is 1. The van der Waals surface area contributed by atoms with Crippen LogP contribution in [0.1, 0.15) is 12.8 Å². The van der Waals surface area contributed by atoms with E-state index < -0.39 is 34.9 Å². The van der Waals surface area contributed by atoms with Crippen molar-refractivity contribution in [2.45, 2.75) is 25.1 Å². The molecule has 3 nitrogen and oxygen atoms in total. The van der Waals surface area contributed by atoms with Gasteiger partial charge in [-0.05, 0) is 18.8 Å². The van der Waals surface area contributed by atoms with Gasteiger partial charge in [0.15, 0.2) is 0 Å². The second-order valence-electron chi connectivity index (χ2n) is 4.13. The van der Waals surface area contributed by atoms with Gasteiger partial charge in [0, 0.05) is 10.8 Å². The molecule has 0 radical (unpaired) electrons. The van der Waals surface area contributed by atoms with Gasteiger partial charge in [-0.15, -0.1) is 0 Å². The van der Waals surface area contributed by atoms with Crippen LogP contribution in [0.25, 0.3) is 0 Å². The number of rotatable bonds is 1. The van der Waals surface area contributed by atoms with Gasteiger partial charge in [0.05, 0.1) is 0 Å². The van der Waals surface area contributed by atoms with E-state index in [2.05, 4.69) is 0 Å². The molecule has 0 N–H and O–H groups in total. The standard InChI is InChI=1S/C9H10F3NO2/c10-9(11,12)7-5-1-3-6(4-2-5)8(7)13(14)15/h1,3,5-8H,2,4H2/t5-,6+,7+,8+/m1/s1. The average Bonchev–Trinajstić information content (AvgIpc) is 2.16. The summed E-state index contributed by atoms with van der Waals surface area (Å²) in [4.78, 5) is 9.91. The predicted molar refractivity (Wildman–Crippen MR) is 45.7 cm³/mol. The minimum atomic E-state index is -4.47. The number of alkyl halides is 3. The molecule has 15 heavy (non-hydrogen) atoms. The van der Waals surface area contributed by atoms with E-state index >= 15 is 0 Å². The zero-order valence-electron chi connectivity index (χ0n) is 7.78. The average molecular weight is 221 g/mol. The molecule has 6 heteroatoms. The van der Waals surface area contributed by atoms with Crippen LogP contribution in [0.15, 0.2) is 12.2 Å². The minimum Gasteiger partial charge on any atom is -0.264 e. The molecule has 1 fully saturated rings. The summed E-state index contributed by atoms with van der Waals surface area (Å²) in [6.45, 7) is 0. The maximum atomic E-state index is 12.7. The summed E-state index contributed by atoms with van der Waals surface area (Å²) in [6, 6.07) is -1.48. The van der Waals surface area contributed by atoms with Gasteiger partial charge in [0.1, 0.15) is 5.92 Å². The Bertz CT molecular complexity index is 313. The highest BCUT2D eigenvalue weighted by Gasteiger charge is 2.59. The quantitative estimate of drug-likeness (QED) is 0.387. The Labute approximate surface area is 84.1 Å². The van der Waals surface area contributed by atoms with Crippen molar-refractivity contribution in [2.24, 2.45) is 17.8 Å². The van der Waals surface area contributed by atoms with Crippen LogP contribution in [-0.4, -0.2) is 17.1 Å². The van der Waals surface area contributed by atoms with Gasteiger partial charge in [-0.1, -0.05) is 12.2 Å². The number of nitrogens with zero attached hydrogens (tertiary/aromatic N) is 1. The molecule has 3 rings (SSSR count). The van der Waals surface area contributed by atoms with Crippen molar-refractivity contribution in [3.63, 3.8) is 0 Å². The molecule has 0 aromatic carbocycles. The Morgan fingerprint density at radius 1 is 1.20 bits per heavy atom. The Kier molecular flexibility index (Phi) is 2.24. The van der Waals surface area contributed by atoms with Crippen LogP contribution in [0.2, 0.25) is 0 Å². The first-order valence-corrected chi connectivity index (χ1v) is 4.80. The number of hydrogen-bond donors (Lipinski definition) is 0. The fourth-order valence-electron chi connectivity index (χ4n) is 2.69. The fourth-order valence-corrected chi connectivity index (χ4v) is 2.69. The number of allylic oxidation sites excluding steroid dienone is 1. The van der Waals surface area contributed by atoms with Crippen molar-refractivity contribution < 1.29 is 18.1 Å². The normalized spacial score (nSPS) is 39.4. The third-order valence-corrected chi connectivity index (χ3v) is 3.33. The third-order valence-electron chi connectivity index (χ3n) is 3.33. The maximum absolute atomic E-state index is 12.7. The van der Waals surface area contributed by atoms with Crippen LogP contribution in [-0.2, 0) is 0 Å². The van der Waals surface area contributed by atoms with Crippen LogP contribution in [0.3, 0.4) is 0 Å². The molecule has 0 aliphatic heterocycles. The summed E-state index contributed by atoms with van der Waals surface area (Å²) in [7, 11) is 0. The van der Waals surface area contributed by atoms with Gasteiger partial charge in [0.25, 0.3) is 0 Å². The summed E-state index contributed by atoms with van der Waals surface area (Å²) in [5.74, 6) is -3.04. The van der Waals surface area contributed by atoms with E-state index in [1.54, 1.807) is 6.08 Å². The molecular formula is C9H10F3NO2. The molecular weight excluding hydrogens is 211 g/mol. The van der Waals surface area contributed by atoms with E-state index in [9.17, 15) is 23.3 Å². The van der Waals surface area contributed by atoms with Crippen LogP contribution in [0.5, 0.6) is 0 Å². The third kappa shape index (κ3) is 1.61. The van der Waals surface area contributed by atoms with Gasteiger partial charge in [0.2, 0.25) is 6.04 Å². The maximum Gasteiger partial charge on any atom is 0.398 e. The molecule has 0 aromatic rings. The monoisotopic (exact) mass is 221 g/mol. The van der Waals surface area contributed by atoms with Crippen molar-refractivity contribution in [3.05, 3.63) is 22.3 Å². The number of fused-ring (bicyclic) bond motifs is 2. The highest BCUT2D eigenvalue weighted by atomic mass is 19.4. The first kappa shape index (κ1) is 10.4. The minimum absolute atomic E-state index is 0.412. The van der Waals surface area contributed by atoms with E-state index in [1.807, 2.05) is 0 Å². The lowest BCUT2D eigenvalue weighted by molar-refractivity contribution is -0.555. The molecule has 0 spiro atoms. The molecule has 0 amide bonds. The zero-order chi connectivity index (χ0) is 11.2. The first-order chi connectivity index (χ1) is 6.91. The van der Waals surface area contributed by atoms with Gasteiger partial charge in [-0.25, -0.2) is 0 Å². The predicted octanol–water partition coefficient (Wildman–Crippen LogP) is 2.41. The molecule has 84 valence electrons. The van der Waals surface area contributed by atoms with Gasteiger partial charge in [-0.2, -0.15) is 13.2 Å². The van der Waals surface area contributed by atoms with E-state index in [4.69, 9.17) is 0 Å². The van der Waals surface area contributed by atoms with Crippen LogP contribution >= 0.6 is 0 Å². The van der Waals surface area contributed by atoms with E-state index in [0.29, 0.717) is 12.8 Å². The summed E-state index contributed by atoms with van der Waals surface area (Å²) in [5.41, 5.74) is 0. The lowest BCUT2D eigenvalue weighted by Crippen LogP contribution is -2.52. The van der Waals surface area contributed by atoms with Gasteiger partial charge >= 0.3 is 6.18 Å². The van der Waals surface area contributed by atoms with Gasteiger partial charge < -0.3 is 0 Å². The van der Waals surface area contributed by atoms with E-state index in [1.165, 1.54) is 6.08 Å². The smallest absolute Gasteiger partial charge is 0.264 e. The molecule has 3 aliphatic rings. The molecule has 0 unspecified atom stereocenters. The highest BCUT2D eigenvalue weighted by Crippen LogP contribution is 2.48. The lowest BCUT2D eigenvalue weighted by Gasteiger charge is -2.40. The molecule has 3 aliphatic carbocycles. The van der Waals surface area contributed by atoms with Crippen LogP contribution < -0.4 is 0 Å². The highest BCUT2D eigenvalue weighted by molar-refractivity contribution is 5.11. The molecule has 0 saturated heterocycles. The second-order valence-corrected chi connectivity index (χ2v) is 4.13. The fraction of sp³-hybridized carbons (Fsp3) is 0.778. The molecule has 1 saturated carbocycles. The second kappa shape index (κ2) is 3.21. The summed E-state index contributed by atoms with van der Waals surface area (Å²) >= 11 is 0. The molecule has 0 aromatic heterocycles. The van der Waals surface area contributed by atoms with Crippen molar-refractivity contribution in [3.8, 4) is 0 Å². The van der Waals surface area contributed by atoms with Crippen LogP contribution in [0, 0.1) is 27.9 Å². The van der Waals surface area contributed by atoms with Gasteiger partial charge in [-0.3, -0.25) is 10.1 Å². The Hall–Kier alpha value is -1.07. The van der Waals surface area contributed by atoms with E-state index in [0.717, 1.165) is 0 Å². The first-order valence-electron chi connectivity index (χ1n) is 4.80. The SMILES string of the molecule is O=[N+]([O-])[C@@H]1[C@@H](C(F)(F)F)[C@@H]2C=C[C@H]1CC2. The molecule has 2 bridgehead atoms. The number of halogens is 3.